The van der Waals surface area contributed by atoms with Gasteiger partial charge >= 0.3 is 0 Å². The van der Waals surface area contributed by atoms with Gasteiger partial charge in [-0.1, -0.05) is 6.58 Å². The van der Waals surface area contributed by atoms with E-state index < -0.39 is 0 Å². The van der Waals surface area contributed by atoms with Crippen molar-refractivity contribution < 1.29 is 5.11 Å². The van der Waals surface area contributed by atoms with Gasteiger partial charge in [-0.15, -0.1) is 0 Å². The van der Waals surface area contributed by atoms with Gasteiger partial charge in [0.1, 0.15) is 5.76 Å². The second kappa shape index (κ2) is 4.28. The van der Waals surface area contributed by atoms with Gasteiger partial charge in [0.2, 0.25) is 0 Å². The molecular weight excluding hydrogens is 166 g/mol. The normalized spacial score (nSPS) is 24.1. The van der Waals surface area contributed by atoms with E-state index in [1.165, 1.54) is 0 Å². The summed E-state index contributed by atoms with van der Waals surface area (Å²) in [4.78, 5) is 4.11. The molecular formula is C9H17N3O. The third kappa shape index (κ3) is 3.06. The maximum atomic E-state index is 8.97. The predicted octanol–water partition coefficient (Wildman–Crippen LogP) is 0.543. The Morgan fingerprint density at radius 1 is 1.77 bits per heavy atom. The molecule has 0 aliphatic carbocycles. The molecule has 0 fully saturated rings. The quantitative estimate of drug-likeness (QED) is 0.556. The highest BCUT2D eigenvalue weighted by atomic mass is 16.3. The van der Waals surface area contributed by atoms with E-state index in [-0.39, 0.29) is 11.8 Å². The van der Waals surface area contributed by atoms with E-state index in [4.69, 9.17) is 16.6 Å². The number of hydrogen-bond acceptors (Lipinski definition) is 4. The average Bonchev–Trinajstić information content (AvgIpc) is 2.47. The number of nitrogens with zero attached hydrogens (tertiary/aromatic N) is 1. The predicted molar refractivity (Wildman–Crippen MR) is 53.6 cm³/mol. The molecule has 0 spiro atoms. The summed E-state index contributed by atoms with van der Waals surface area (Å²) >= 11 is 0. The highest BCUT2D eigenvalue weighted by molar-refractivity contribution is 5.82. The van der Waals surface area contributed by atoms with Crippen molar-refractivity contribution >= 4 is 5.84 Å². The second-order valence-corrected chi connectivity index (χ2v) is 3.58. The molecule has 1 heterocycles. The van der Waals surface area contributed by atoms with Gasteiger partial charge in [0.25, 0.3) is 0 Å². The van der Waals surface area contributed by atoms with E-state index in [2.05, 4.69) is 11.6 Å². The van der Waals surface area contributed by atoms with Crippen molar-refractivity contribution in [2.24, 2.45) is 22.4 Å². The van der Waals surface area contributed by atoms with Crippen molar-refractivity contribution in [2.75, 3.05) is 6.54 Å². The van der Waals surface area contributed by atoms with Crippen LogP contribution in [0.15, 0.2) is 17.3 Å². The number of hydrogen-bond donors (Lipinski definition) is 3. The fourth-order valence-electron chi connectivity index (χ4n) is 1.45. The minimum absolute atomic E-state index is 0.0619. The lowest BCUT2D eigenvalue weighted by atomic mass is 9.98. The molecule has 0 aromatic rings. The summed E-state index contributed by atoms with van der Waals surface area (Å²) in [5, 5.41) is 8.97. The number of amidine groups is 1. The summed E-state index contributed by atoms with van der Waals surface area (Å²) in [7, 11) is 0. The van der Waals surface area contributed by atoms with Gasteiger partial charge in [0.15, 0.2) is 0 Å². The van der Waals surface area contributed by atoms with Crippen LogP contribution in [-0.2, 0) is 0 Å². The molecule has 1 unspecified atom stereocenters. The molecule has 1 aliphatic heterocycles. The molecule has 0 aromatic carbocycles. The number of aliphatic hydroxyl groups is 1. The second-order valence-electron chi connectivity index (χ2n) is 3.58. The minimum Gasteiger partial charge on any atom is -0.511 e. The molecule has 0 saturated heterocycles. The Bertz CT molecular complexity index is 225. The van der Waals surface area contributed by atoms with Crippen molar-refractivity contribution in [1.29, 1.82) is 0 Å². The Labute approximate surface area is 78.3 Å². The first-order chi connectivity index (χ1) is 6.09. The van der Waals surface area contributed by atoms with Crippen molar-refractivity contribution in [3.63, 3.8) is 0 Å². The Hall–Kier alpha value is -1.03. The van der Waals surface area contributed by atoms with Crippen LogP contribution in [0.1, 0.15) is 19.3 Å². The molecule has 5 N–H and O–H groups in total. The van der Waals surface area contributed by atoms with Crippen LogP contribution in [0.3, 0.4) is 0 Å². The van der Waals surface area contributed by atoms with Crippen LogP contribution in [0, 0.1) is 5.92 Å². The Morgan fingerprint density at radius 3 is 2.92 bits per heavy atom. The molecule has 13 heavy (non-hydrogen) atoms. The molecule has 0 radical (unpaired) electrons. The largest absolute Gasteiger partial charge is 0.511 e. The van der Waals surface area contributed by atoms with Crippen LogP contribution < -0.4 is 11.5 Å². The van der Waals surface area contributed by atoms with Crippen LogP contribution >= 0.6 is 0 Å². The van der Waals surface area contributed by atoms with Crippen molar-refractivity contribution in [3.05, 3.63) is 12.3 Å². The molecule has 0 saturated carbocycles. The summed E-state index contributed by atoms with van der Waals surface area (Å²) in [6.45, 7) is 4.19. The van der Waals surface area contributed by atoms with E-state index in [0.29, 0.717) is 5.92 Å². The van der Waals surface area contributed by atoms with Crippen LogP contribution in [0.5, 0.6) is 0 Å². The zero-order chi connectivity index (χ0) is 9.84. The van der Waals surface area contributed by atoms with Gasteiger partial charge in [-0.3, -0.25) is 4.99 Å². The highest BCUT2D eigenvalue weighted by Crippen LogP contribution is 2.18. The molecule has 74 valence electrons. The Morgan fingerprint density at radius 2 is 2.46 bits per heavy atom. The smallest absolute Gasteiger partial charge is 0.102 e. The Balaban J connectivity index is 2.17. The van der Waals surface area contributed by atoms with Crippen LogP contribution in [0.2, 0.25) is 0 Å². The summed E-state index contributed by atoms with van der Waals surface area (Å²) < 4.78 is 0. The van der Waals surface area contributed by atoms with Crippen LogP contribution in [-0.4, -0.2) is 23.5 Å². The summed E-state index contributed by atoms with van der Waals surface area (Å²) in [6.07, 6.45) is 2.57. The fourth-order valence-corrected chi connectivity index (χ4v) is 1.45. The zero-order valence-corrected chi connectivity index (χ0v) is 7.74. The topological polar surface area (TPSA) is 84.6 Å². The SMILES string of the molecule is C=C(O)[C@@H](N)CCC1CN=C(N)C1. The van der Waals surface area contributed by atoms with Gasteiger partial charge in [-0.2, -0.15) is 0 Å². The number of aliphatic hydroxyl groups excluding tert-OH is 1. The summed E-state index contributed by atoms with van der Waals surface area (Å²) in [6, 6.07) is -0.304. The van der Waals surface area contributed by atoms with E-state index in [0.717, 1.165) is 31.6 Å². The van der Waals surface area contributed by atoms with Crippen molar-refractivity contribution in [3.8, 4) is 0 Å². The van der Waals surface area contributed by atoms with Crippen molar-refractivity contribution in [1.82, 2.24) is 0 Å². The van der Waals surface area contributed by atoms with Gasteiger partial charge < -0.3 is 16.6 Å². The maximum Gasteiger partial charge on any atom is 0.102 e. The van der Waals surface area contributed by atoms with Crippen LogP contribution in [0.25, 0.3) is 0 Å². The molecule has 4 nitrogen and oxygen atoms in total. The van der Waals surface area contributed by atoms with E-state index in [1.807, 2.05) is 0 Å². The first kappa shape index (κ1) is 10.1. The molecule has 0 amide bonds. The molecule has 0 aromatic heterocycles. The average molecular weight is 183 g/mol. The number of aliphatic imine (C=N–C) groups is 1. The monoisotopic (exact) mass is 183 g/mol. The van der Waals surface area contributed by atoms with E-state index in [1.54, 1.807) is 0 Å². The third-order valence-corrected chi connectivity index (χ3v) is 2.36. The van der Waals surface area contributed by atoms with Crippen LogP contribution in [0.4, 0.5) is 0 Å². The Kier molecular flexibility index (Phi) is 3.31. The lowest BCUT2D eigenvalue weighted by Crippen LogP contribution is -2.23. The van der Waals surface area contributed by atoms with Gasteiger partial charge in [0.05, 0.1) is 11.9 Å². The lowest BCUT2D eigenvalue weighted by Gasteiger charge is -2.12. The molecule has 0 bridgehead atoms. The van der Waals surface area contributed by atoms with E-state index in [9.17, 15) is 0 Å². The maximum absolute atomic E-state index is 8.97. The number of rotatable bonds is 4. The first-order valence-corrected chi connectivity index (χ1v) is 4.51. The standard InChI is InChI=1S/C9H17N3O/c1-6(13)8(10)3-2-7-4-9(11)12-5-7/h7-8,13H,1-5,10H2,(H2,11,12)/t7?,8-/m0/s1. The van der Waals surface area contributed by atoms with Gasteiger partial charge in [0, 0.05) is 13.0 Å². The summed E-state index contributed by atoms with van der Waals surface area (Å²) in [5.41, 5.74) is 11.2. The molecule has 1 aliphatic rings. The number of nitrogens with two attached hydrogens (primary N) is 2. The minimum atomic E-state index is -0.304. The first-order valence-electron chi connectivity index (χ1n) is 4.51. The lowest BCUT2D eigenvalue weighted by molar-refractivity contribution is 0.350. The molecule has 2 atom stereocenters. The highest BCUT2D eigenvalue weighted by Gasteiger charge is 2.17. The zero-order valence-electron chi connectivity index (χ0n) is 7.74. The third-order valence-electron chi connectivity index (χ3n) is 2.36. The molecule has 1 rings (SSSR count). The van der Waals surface area contributed by atoms with Gasteiger partial charge in [-0.25, -0.2) is 0 Å². The summed E-state index contributed by atoms with van der Waals surface area (Å²) in [5.74, 6) is 1.30. The van der Waals surface area contributed by atoms with Gasteiger partial charge in [-0.05, 0) is 18.8 Å². The fraction of sp³-hybridized carbons (Fsp3) is 0.667. The van der Waals surface area contributed by atoms with Crippen molar-refractivity contribution in [2.45, 2.75) is 25.3 Å². The van der Waals surface area contributed by atoms with E-state index >= 15 is 0 Å². The molecule has 4 heteroatoms.